The summed E-state index contributed by atoms with van der Waals surface area (Å²) in [7, 11) is 0. The Morgan fingerprint density at radius 1 is 1.41 bits per heavy atom. The Hall–Kier alpha value is -1.22. The van der Waals surface area contributed by atoms with Gasteiger partial charge in [-0.1, -0.05) is 12.2 Å². The van der Waals surface area contributed by atoms with E-state index in [0.717, 1.165) is 9.09 Å². The topological polar surface area (TPSA) is 89.9 Å². The number of aliphatic hydroxyl groups is 1. The second-order valence-corrected chi connectivity index (χ2v) is 4.97. The van der Waals surface area contributed by atoms with E-state index in [1.165, 1.54) is 6.33 Å². The highest BCUT2D eigenvalue weighted by Crippen LogP contribution is 2.29. The van der Waals surface area contributed by atoms with Crippen molar-refractivity contribution >= 4 is 39.4 Å². The molecule has 0 spiro atoms. The lowest BCUT2D eigenvalue weighted by molar-refractivity contribution is 0.209. The molecule has 0 aliphatic heterocycles. The molecule has 0 radical (unpaired) electrons. The van der Waals surface area contributed by atoms with Crippen molar-refractivity contribution in [2.45, 2.75) is 18.6 Å². The van der Waals surface area contributed by atoms with E-state index in [0.29, 0.717) is 17.9 Å². The maximum absolute atomic E-state index is 9.51. The molecule has 0 amide bonds. The average molecular weight is 343 g/mol. The minimum atomic E-state index is -0.406. The van der Waals surface area contributed by atoms with E-state index >= 15 is 0 Å². The Morgan fingerprint density at radius 3 is 2.94 bits per heavy atom. The zero-order valence-electron chi connectivity index (χ0n) is 8.79. The van der Waals surface area contributed by atoms with Gasteiger partial charge >= 0.3 is 0 Å². The van der Waals surface area contributed by atoms with Gasteiger partial charge in [0, 0.05) is 6.42 Å². The molecule has 1 aliphatic rings. The number of anilines is 1. The molecule has 6 nitrogen and oxygen atoms in total. The van der Waals surface area contributed by atoms with Gasteiger partial charge in [0.05, 0.1) is 17.5 Å². The highest BCUT2D eigenvalue weighted by Gasteiger charge is 2.23. The predicted octanol–water partition coefficient (Wildman–Crippen LogP) is 0.875. The van der Waals surface area contributed by atoms with Crippen molar-refractivity contribution in [2.75, 3.05) is 5.73 Å². The number of aliphatic hydroxyl groups excluding tert-OH is 1. The van der Waals surface area contributed by atoms with Crippen molar-refractivity contribution in [1.82, 2.24) is 19.7 Å². The van der Waals surface area contributed by atoms with Crippen LogP contribution in [0.2, 0.25) is 0 Å². The van der Waals surface area contributed by atoms with E-state index in [-0.39, 0.29) is 6.04 Å². The molecule has 0 bridgehead atoms. The van der Waals surface area contributed by atoms with Crippen molar-refractivity contribution in [3.05, 3.63) is 22.2 Å². The highest BCUT2D eigenvalue weighted by atomic mass is 127. The number of halogens is 1. The van der Waals surface area contributed by atoms with E-state index in [1.54, 1.807) is 10.8 Å². The molecule has 17 heavy (non-hydrogen) atoms. The SMILES string of the molecule is Nc1ncnc2c1c(I)nn2[C@@H]1C=C[C@@H](O)C1. The summed E-state index contributed by atoms with van der Waals surface area (Å²) in [5.41, 5.74) is 6.53. The Bertz CT molecular complexity index is 608. The second-order valence-electron chi connectivity index (χ2n) is 3.95. The Labute approximate surface area is 111 Å². The molecule has 0 saturated heterocycles. The number of nitrogen functional groups attached to an aromatic ring is 1. The monoisotopic (exact) mass is 343 g/mol. The smallest absolute Gasteiger partial charge is 0.165 e. The van der Waals surface area contributed by atoms with Crippen LogP contribution in [0.4, 0.5) is 5.82 Å². The standard InChI is InChI=1S/C10H10IN5O/c11-8-7-9(12)13-4-14-10(7)16(15-8)5-1-2-6(17)3-5/h1-2,4-6,17H,3H2,(H2,12,13,14)/t5-,6-/m1/s1. The maximum Gasteiger partial charge on any atom is 0.165 e. The summed E-state index contributed by atoms with van der Waals surface area (Å²) >= 11 is 2.12. The molecular weight excluding hydrogens is 333 g/mol. The molecule has 0 unspecified atom stereocenters. The van der Waals surface area contributed by atoms with E-state index in [2.05, 4.69) is 37.7 Å². The third-order valence-electron chi connectivity index (χ3n) is 2.83. The first-order valence-corrected chi connectivity index (χ1v) is 6.25. The van der Waals surface area contributed by atoms with Crippen molar-refractivity contribution < 1.29 is 5.11 Å². The van der Waals surface area contributed by atoms with Gasteiger partial charge in [-0.2, -0.15) is 5.10 Å². The maximum atomic E-state index is 9.51. The molecule has 0 fully saturated rings. The van der Waals surface area contributed by atoms with Crippen molar-refractivity contribution in [2.24, 2.45) is 0 Å². The zero-order chi connectivity index (χ0) is 12.0. The van der Waals surface area contributed by atoms with Crippen LogP contribution in [-0.2, 0) is 0 Å². The molecule has 1 aliphatic carbocycles. The van der Waals surface area contributed by atoms with Gasteiger partial charge in [-0.25, -0.2) is 14.6 Å². The van der Waals surface area contributed by atoms with Crippen LogP contribution in [0.15, 0.2) is 18.5 Å². The number of hydrogen-bond donors (Lipinski definition) is 2. The summed E-state index contributed by atoms with van der Waals surface area (Å²) in [6, 6.07) is 0.0327. The van der Waals surface area contributed by atoms with Crippen LogP contribution in [0.3, 0.4) is 0 Å². The van der Waals surface area contributed by atoms with Gasteiger partial charge in [-0.05, 0) is 22.6 Å². The van der Waals surface area contributed by atoms with Gasteiger partial charge in [-0.15, -0.1) is 0 Å². The number of nitrogens with two attached hydrogens (primary N) is 1. The highest BCUT2D eigenvalue weighted by molar-refractivity contribution is 14.1. The van der Waals surface area contributed by atoms with Crippen LogP contribution < -0.4 is 5.73 Å². The summed E-state index contributed by atoms with van der Waals surface area (Å²) in [4.78, 5) is 8.19. The van der Waals surface area contributed by atoms with Crippen molar-refractivity contribution in [1.29, 1.82) is 0 Å². The van der Waals surface area contributed by atoms with Gasteiger partial charge in [0.15, 0.2) is 5.65 Å². The lowest BCUT2D eigenvalue weighted by Crippen LogP contribution is -2.10. The largest absolute Gasteiger partial charge is 0.389 e. The molecule has 0 saturated carbocycles. The van der Waals surface area contributed by atoms with E-state index < -0.39 is 6.10 Å². The van der Waals surface area contributed by atoms with Gasteiger partial charge in [0.25, 0.3) is 0 Å². The summed E-state index contributed by atoms with van der Waals surface area (Å²) in [5, 5.41) is 14.7. The lowest BCUT2D eigenvalue weighted by atomic mass is 10.2. The normalized spacial score (nSPS) is 23.6. The van der Waals surface area contributed by atoms with Crippen LogP contribution in [0.5, 0.6) is 0 Å². The third-order valence-corrected chi connectivity index (χ3v) is 3.58. The van der Waals surface area contributed by atoms with Gasteiger partial charge in [0.1, 0.15) is 15.8 Å². The molecule has 0 aromatic carbocycles. The summed E-state index contributed by atoms with van der Waals surface area (Å²) in [5.74, 6) is 0.438. The van der Waals surface area contributed by atoms with Gasteiger partial charge in [0.2, 0.25) is 0 Å². The van der Waals surface area contributed by atoms with Crippen LogP contribution >= 0.6 is 22.6 Å². The van der Waals surface area contributed by atoms with Crippen LogP contribution in [-0.4, -0.2) is 31.0 Å². The third kappa shape index (κ3) is 1.69. The molecule has 2 heterocycles. The molecular formula is C10H10IN5O. The predicted molar refractivity (Wildman–Crippen MR) is 71.3 cm³/mol. The number of allylic oxidation sites excluding steroid dienone is 1. The van der Waals surface area contributed by atoms with Crippen molar-refractivity contribution in [3.8, 4) is 0 Å². The quantitative estimate of drug-likeness (QED) is 0.593. The fraction of sp³-hybridized carbons (Fsp3) is 0.300. The van der Waals surface area contributed by atoms with Crippen LogP contribution in [0, 0.1) is 3.70 Å². The summed E-state index contributed by atoms with van der Waals surface area (Å²) in [6.07, 6.45) is 5.36. The lowest BCUT2D eigenvalue weighted by Gasteiger charge is -2.09. The average Bonchev–Trinajstić information content (AvgIpc) is 2.84. The molecule has 2 aromatic rings. The van der Waals surface area contributed by atoms with E-state index in [1.807, 2.05) is 6.08 Å². The number of nitrogens with zero attached hydrogens (tertiary/aromatic N) is 4. The zero-order valence-corrected chi connectivity index (χ0v) is 10.9. The Morgan fingerprint density at radius 2 is 2.24 bits per heavy atom. The minimum absolute atomic E-state index is 0.0327. The Kier molecular flexibility index (Phi) is 2.51. The molecule has 88 valence electrons. The number of fused-ring (bicyclic) bond motifs is 1. The van der Waals surface area contributed by atoms with E-state index in [9.17, 15) is 5.11 Å². The molecule has 2 aromatic heterocycles. The Balaban J connectivity index is 2.18. The first-order valence-electron chi connectivity index (χ1n) is 5.17. The first-order chi connectivity index (χ1) is 8.16. The fourth-order valence-corrected chi connectivity index (χ4v) is 2.78. The van der Waals surface area contributed by atoms with Gasteiger partial charge < -0.3 is 10.8 Å². The molecule has 2 atom stereocenters. The van der Waals surface area contributed by atoms with Crippen LogP contribution in [0.1, 0.15) is 12.5 Å². The van der Waals surface area contributed by atoms with Gasteiger partial charge in [-0.3, -0.25) is 0 Å². The summed E-state index contributed by atoms with van der Waals surface area (Å²) in [6.45, 7) is 0. The second kappa shape index (κ2) is 3.91. The van der Waals surface area contributed by atoms with Crippen LogP contribution in [0.25, 0.3) is 11.0 Å². The minimum Gasteiger partial charge on any atom is -0.389 e. The molecule has 3 N–H and O–H groups in total. The van der Waals surface area contributed by atoms with Crippen molar-refractivity contribution in [3.63, 3.8) is 0 Å². The molecule has 7 heteroatoms. The number of aromatic nitrogens is 4. The summed E-state index contributed by atoms with van der Waals surface area (Å²) < 4.78 is 2.58. The molecule has 3 rings (SSSR count). The number of rotatable bonds is 1. The van der Waals surface area contributed by atoms with E-state index in [4.69, 9.17) is 5.73 Å². The first kappa shape index (κ1) is 10.9. The fourth-order valence-electron chi connectivity index (χ4n) is 2.03. The number of hydrogen-bond acceptors (Lipinski definition) is 5.